The average Bonchev–Trinajstić information content (AvgIpc) is 2.45. The molecule has 2 aliphatic rings. The highest BCUT2D eigenvalue weighted by Crippen LogP contribution is 2.31. The number of likely N-dealkylation sites (tertiary alicyclic amines) is 1. The molecule has 20 heavy (non-hydrogen) atoms. The van der Waals surface area contributed by atoms with E-state index >= 15 is 0 Å². The van der Waals surface area contributed by atoms with Gasteiger partial charge in [-0.3, -0.25) is 0 Å². The maximum Gasteiger partial charge on any atom is 0.144 e. The molecule has 0 bridgehead atoms. The van der Waals surface area contributed by atoms with Crippen LogP contribution in [-0.2, 0) is 0 Å². The van der Waals surface area contributed by atoms with E-state index in [9.17, 15) is 0 Å². The lowest BCUT2D eigenvalue weighted by molar-refractivity contribution is 0.100. The van der Waals surface area contributed by atoms with Gasteiger partial charge in [0.05, 0.1) is 12.8 Å². The molecule has 0 spiro atoms. The van der Waals surface area contributed by atoms with E-state index in [2.05, 4.69) is 33.3 Å². The van der Waals surface area contributed by atoms with Crippen LogP contribution >= 0.6 is 0 Å². The molecule has 2 heterocycles. The molecule has 2 aliphatic heterocycles. The summed E-state index contributed by atoms with van der Waals surface area (Å²) in [6.07, 6.45) is 3.97. The Morgan fingerprint density at radius 2 is 1.90 bits per heavy atom. The molecule has 0 saturated carbocycles. The second-order valence-corrected chi connectivity index (χ2v) is 5.74. The normalized spacial score (nSPS) is 20.6. The monoisotopic (exact) mass is 275 g/mol. The van der Waals surface area contributed by atoms with Crippen LogP contribution in [0.15, 0.2) is 18.2 Å². The van der Waals surface area contributed by atoms with Gasteiger partial charge in [-0.1, -0.05) is 0 Å². The lowest BCUT2D eigenvalue weighted by Gasteiger charge is -2.43. The molecule has 2 saturated heterocycles. The van der Waals surface area contributed by atoms with Crippen molar-refractivity contribution in [2.45, 2.75) is 25.3 Å². The number of rotatable bonds is 4. The van der Waals surface area contributed by atoms with Gasteiger partial charge in [0.2, 0.25) is 0 Å². The van der Waals surface area contributed by atoms with E-state index in [-0.39, 0.29) is 0 Å². The molecule has 0 radical (unpaired) electrons. The first-order valence-corrected chi connectivity index (χ1v) is 7.66. The predicted molar refractivity (Wildman–Crippen MR) is 84.0 cm³/mol. The van der Waals surface area contributed by atoms with E-state index in [1.54, 1.807) is 7.11 Å². The quantitative estimate of drug-likeness (QED) is 0.913. The van der Waals surface area contributed by atoms with Crippen molar-refractivity contribution >= 4 is 11.4 Å². The number of nitrogens with one attached hydrogen (secondary N) is 1. The van der Waals surface area contributed by atoms with Gasteiger partial charge in [0.1, 0.15) is 5.75 Å². The third-order valence-electron chi connectivity index (χ3n) is 4.69. The van der Waals surface area contributed by atoms with Crippen molar-refractivity contribution in [3.05, 3.63) is 18.2 Å². The van der Waals surface area contributed by atoms with Crippen molar-refractivity contribution in [1.82, 2.24) is 4.90 Å². The van der Waals surface area contributed by atoms with E-state index in [1.807, 2.05) is 7.05 Å². The Kier molecular flexibility index (Phi) is 4.01. The molecule has 1 aromatic rings. The zero-order chi connectivity index (χ0) is 13.9. The summed E-state index contributed by atoms with van der Waals surface area (Å²) in [5.41, 5.74) is 2.33. The number of ether oxygens (including phenoxy) is 1. The fraction of sp³-hybridized carbons (Fsp3) is 0.625. The first-order valence-electron chi connectivity index (χ1n) is 7.66. The molecular weight excluding hydrogens is 250 g/mol. The summed E-state index contributed by atoms with van der Waals surface area (Å²) in [7, 11) is 3.66. The molecule has 1 aromatic carbocycles. The molecule has 3 rings (SSSR count). The lowest BCUT2D eigenvalue weighted by atomic mass is 9.99. The number of piperidine rings is 1. The average molecular weight is 275 g/mol. The van der Waals surface area contributed by atoms with Crippen molar-refractivity contribution in [1.29, 1.82) is 0 Å². The molecule has 2 fully saturated rings. The summed E-state index contributed by atoms with van der Waals surface area (Å²) >= 11 is 0. The van der Waals surface area contributed by atoms with Gasteiger partial charge in [-0.2, -0.15) is 0 Å². The topological polar surface area (TPSA) is 27.7 Å². The highest BCUT2D eigenvalue weighted by atomic mass is 16.5. The van der Waals surface area contributed by atoms with E-state index in [4.69, 9.17) is 4.74 Å². The molecule has 0 aromatic heterocycles. The van der Waals surface area contributed by atoms with Crippen LogP contribution in [0.2, 0.25) is 0 Å². The number of methoxy groups -OCH3 is 1. The number of nitrogens with zero attached hydrogens (tertiary/aromatic N) is 2. The molecule has 0 unspecified atom stereocenters. The molecule has 110 valence electrons. The minimum Gasteiger partial charge on any atom is -0.495 e. The first kappa shape index (κ1) is 13.6. The number of hydrogen-bond donors (Lipinski definition) is 1. The standard InChI is InChI=1S/C16H25N3O/c1-17-15-5-4-14(12-16(15)20-2)19-10-6-13(7-11-19)18-8-3-9-18/h4-5,12-13,17H,3,6-11H2,1-2H3. The first-order chi connectivity index (χ1) is 9.81. The van der Waals surface area contributed by atoms with E-state index in [0.29, 0.717) is 0 Å². The van der Waals surface area contributed by atoms with Crippen LogP contribution < -0.4 is 15.0 Å². The summed E-state index contributed by atoms with van der Waals surface area (Å²) in [5, 5.41) is 3.16. The predicted octanol–water partition coefficient (Wildman–Crippen LogP) is 2.41. The molecule has 1 N–H and O–H groups in total. The van der Waals surface area contributed by atoms with Crippen LogP contribution in [0.1, 0.15) is 19.3 Å². The molecule has 0 atom stereocenters. The maximum atomic E-state index is 5.46. The second kappa shape index (κ2) is 5.92. The summed E-state index contributed by atoms with van der Waals surface area (Å²) in [5.74, 6) is 0.926. The third kappa shape index (κ3) is 2.57. The van der Waals surface area contributed by atoms with Crippen LogP contribution in [0.5, 0.6) is 5.75 Å². The van der Waals surface area contributed by atoms with Crippen molar-refractivity contribution < 1.29 is 4.74 Å². The van der Waals surface area contributed by atoms with Crippen molar-refractivity contribution in [2.75, 3.05) is 50.6 Å². The Labute approximate surface area is 121 Å². The Balaban J connectivity index is 1.65. The number of hydrogen-bond acceptors (Lipinski definition) is 4. The minimum absolute atomic E-state index is 0.818. The van der Waals surface area contributed by atoms with Crippen LogP contribution in [0.3, 0.4) is 0 Å². The van der Waals surface area contributed by atoms with E-state index < -0.39 is 0 Å². The fourth-order valence-corrected chi connectivity index (χ4v) is 3.28. The molecular formula is C16H25N3O. The van der Waals surface area contributed by atoms with Crippen LogP contribution in [-0.4, -0.2) is 51.3 Å². The van der Waals surface area contributed by atoms with Crippen molar-refractivity contribution in [2.24, 2.45) is 0 Å². The summed E-state index contributed by atoms with van der Waals surface area (Å²) in [6, 6.07) is 7.27. The fourth-order valence-electron chi connectivity index (χ4n) is 3.28. The summed E-state index contributed by atoms with van der Waals surface area (Å²) in [4.78, 5) is 5.13. The summed E-state index contributed by atoms with van der Waals surface area (Å²) < 4.78 is 5.46. The molecule has 4 heteroatoms. The Morgan fingerprint density at radius 3 is 2.45 bits per heavy atom. The van der Waals surface area contributed by atoms with Gasteiger partial charge in [-0.15, -0.1) is 0 Å². The zero-order valence-corrected chi connectivity index (χ0v) is 12.6. The Hall–Kier alpha value is -1.42. The van der Waals surface area contributed by atoms with Crippen LogP contribution in [0.4, 0.5) is 11.4 Å². The number of benzene rings is 1. The van der Waals surface area contributed by atoms with Gasteiger partial charge < -0.3 is 19.9 Å². The smallest absolute Gasteiger partial charge is 0.144 e. The van der Waals surface area contributed by atoms with Gasteiger partial charge in [0.25, 0.3) is 0 Å². The van der Waals surface area contributed by atoms with Gasteiger partial charge in [-0.05, 0) is 44.5 Å². The summed E-state index contributed by atoms with van der Waals surface area (Å²) in [6.45, 7) is 4.94. The lowest BCUT2D eigenvalue weighted by Crippen LogP contribution is -2.50. The largest absolute Gasteiger partial charge is 0.495 e. The molecule has 0 amide bonds. The van der Waals surface area contributed by atoms with E-state index in [1.165, 1.54) is 38.0 Å². The van der Waals surface area contributed by atoms with Gasteiger partial charge in [0.15, 0.2) is 0 Å². The SMILES string of the molecule is CNc1ccc(N2CCC(N3CCC3)CC2)cc1OC. The molecule has 0 aliphatic carbocycles. The maximum absolute atomic E-state index is 5.46. The third-order valence-corrected chi connectivity index (χ3v) is 4.69. The highest BCUT2D eigenvalue weighted by molar-refractivity contribution is 5.64. The Bertz CT molecular complexity index is 451. The second-order valence-electron chi connectivity index (χ2n) is 5.74. The van der Waals surface area contributed by atoms with Crippen LogP contribution in [0.25, 0.3) is 0 Å². The van der Waals surface area contributed by atoms with E-state index in [0.717, 1.165) is 30.6 Å². The molecule has 4 nitrogen and oxygen atoms in total. The van der Waals surface area contributed by atoms with Crippen molar-refractivity contribution in [3.63, 3.8) is 0 Å². The zero-order valence-electron chi connectivity index (χ0n) is 12.6. The minimum atomic E-state index is 0.818. The number of anilines is 2. The van der Waals surface area contributed by atoms with Gasteiger partial charge in [0, 0.05) is 37.9 Å². The van der Waals surface area contributed by atoms with Gasteiger partial charge >= 0.3 is 0 Å². The van der Waals surface area contributed by atoms with Crippen molar-refractivity contribution in [3.8, 4) is 5.75 Å². The highest BCUT2D eigenvalue weighted by Gasteiger charge is 2.27. The Morgan fingerprint density at radius 1 is 1.15 bits per heavy atom. The van der Waals surface area contributed by atoms with Crippen LogP contribution in [0, 0.1) is 0 Å². The van der Waals surface area contributed by atoms with Gasteiger partial charge in [-0.25, -0.2) is 0 Å².